The summed E-state index contributed by atoms with van der Waals surface area (Å²) in [5.74, 6) is 0.467. The smallest absolute Gasteiger partial charge is 0.326 e. The van der Waals surface area contributed by atoms with E-state index in [1.165, 1.54) is 12.1 Å². The number of aromatic nitrogens is 2. The van der Waals surface area contributed by atoms with Crippen molar-refractivity contribution in [3.05, 3.63) is 83.7 Å². The molecule has 3 aromatic carbocycles. The topological polar surface area (TPSA) is 125 Å². The number of nitriles is 1. The molecular formula is C26H24N4O5S. The number of benzene rings is 3. The van der Waals surface area contributed by atoms with Crippen molar-refractivity contribution in [3.8, 4) is 11.8 Å². The maximum absolute atomic E-state index is 13.5. The summed E-state index contributed by atoms with van der Waals surface area (Å²) in [6, 6.07) is 20.1. The maximum atomic E-state index is 13.5. The van der Waals surface area contributed by atoms with E-state index in [1.807, 2.05) is 0 Å². The Hall–Kier alpha value is -4.36. The highest BCUT2D eigenvalue weighted by molar-refractivity contribution is 7.92. The van der Waals surface area contributed by atoms with Gasteiger partial charge < -0.3 is 14.5 Å². The number of esters is 1. The summed E-state index contributed by atoms with van der Waals surface area (Å²) in [4.78, 5) is 20.2. The van der Waals surface area contributed by atoms with Crippen LogP contribution >= 0.6 is 0 Å². The highest BCUT2D eigenvalue weighted by Crippen LogP contribution is 2.31. The predicted octanol–water partition coefficient (Wildman–Crippen LogP) is 4.08. The Kier molecular flexibility index (Phi) is 7.22. The summed E-state index contributed by atoms with van der Waals surface area (Å²) >= 11 is 0. The molecular weight excluding hydrogens is 480 g/mol. The number of sulfonamides is 1. The molecule has 0 bridgehead atoms. The van der Waals surface area contributed by atoms with Gasteiger partial charge in [0.05, 0.1) is 39.9 Å². The summed E-state index contributed by atoms with van der Waals surface area (Å²) in [7, 11) is -4.06. The summed E-state index contributed by atoms with van der Waals surface area (Å²) in [6.45, 7) is 3.22. The van der Waals surface area contributed by atoms with E-state index in [0.29, 0.717) is 39.4 Å². The van der Waals surface area contributed by atoms with Crippen LogP contribution in [-0.4, -0.2) is 37.5 Å². The lowest BCUT2D eigenvalue weighted by Crippen LogP contribution is -2.37. The number of rotatable bonds is 9. The molecule has 0 aliphatic rings. The van der Waals surface area contributed by atoms with Gasteiger partial charge in [0.25, 0.3) is 10.0 Å². The molecule has 0 saturated heterocycles. The number of aromatic amines is 1. The Morgan fingerprint density at radius 2 is 1.81 bits per heavy atom. The number of imidazole rings is 1. The summed E-state index contributed by atoms with van der Waals surface area (Å²) in [6.07, 6.45) is 0. The third kappa shape index (κ3) is 5.16. The van der Waals surface area contributed by atoms with Crippen LogP contribution in [0.4, 0.5) is 5.69 Å². The lowest BCUT2D eigenvalue weighted by molar-refractivity contribution is -0.141. The van der Waals surface area contributed by atoms with Crippen molar-refractivity contribution in [2.24, 2.45) is 0 Å². The van der Waals surface area contributed by atoms with Gasteiger partial charge >= 0.3 is 5.97 Å². The minimum atomic E-state index is -4.06. The van der Waals surface area contributed by atoms with Gasteiger partial charge in [0.15, 0.2) is 0 Å². The molecule has 0 spiro atoms. The molecule has 1 heterocycles. The second kappa shape index (κ2) is 10.5. The van der Waals surface area contributed by atoms with E-state index in [-0.39, 0.29) is 18.1 Å². The molecule has 0 aliphatic carbocycles. The first-order valence-electron chi connectivity index (χ1n) is 11.2. The van der Waals surface area contributed by atoms with Gasteiger partial charge in [-0.3, -0.25) is 9.10 Å². The van der Waals surface area contributed by atoms with E-state index in [4.69, 9.17) is 14.7 Å². The first kappa shape index (κ1) is 24.8. The summed E-state index contributed by atoms with van der Waals surface area (Å²) in [5, 5.41) is 8.92. The Morgan fingerprint density at radius 3 is 2.47 bits per heavy atom. The zero-order valence-electron chi connectivity index (χ0n) is 19.8. The zero-order chi connectivity index (χ0) is 25.7. The molecule has 4 rings (SSSR count). The molecule has 0 saturated carbocycles. The van der Waals surface area contributed by atoms with Crippen LogP contribution in [0.5, 0.6) is 5.75 Å². The molecule has 4 aromatic rings. The number of nitrogens with one attached hydrogen (secondary N) is 1. The van der Waals surface area contributed by atoms with Gasteiger partial charge in [-0.15, -0.1) is 0 Å². The molecule has 0 unspecified atom stereocenters. The van der Waals surface area contributed by atoms with Crippen LogP contribution in [0.2, 0.25) is 0 Å². The number of carbonyl (C=O) groups is 1. The van der Waals surface area contributed by atoms with E-state index in [1.54, 1.807) is 68.4 Å². The quantitative estimate of drug-likeness (QED) is 0.340. The van der Waals surface area contributed by atoms with Crippen molar-refractivity contribution in [1.29, 1.82) is 5.26 Å². The Labute approximate surface area is 209 Å². The number of nitrogens with zero attached hydrogens (tertiary/aromatic N) is 3. The van der Waals surface area contributed by atoms with Crippen molar-refractivity contribution in [1.82, 2.24) is 9.97 Å². The molecule has 0 aliphatic heterocycles. The lowest BCUT2D eigenvalue weighted by atomic mass is 10.1. The van der Waals surface area contributed by atoms with Crippen molar-refractivity contribution in [2.45, 2.75) is 25.3 Å². The molecule has 0 radical (unpaired) electrons. The molecule has 184 valence electrons. The van der Waals surface area contributed by atoms with E-state index in [9.17, 15) is 13.2 Å². The highest BCUT2D eigenvalue weighted by Gasteiger charge is 2.29. The maximum Gasteiger partial charge on any atom is 0.326 e. The fourth-order valence-corrected chi connectivity index (χ4v) is 5.20. The average molecular weight is 505 g/mol. The van der Waals surface area contributed by atoms with Gasteiger partial charge in [-0.05, 0) is 62.4 Å². The van der Waals surface area contributed by atoms with Crippen LogP contribution in [0, 0.1) is 18.3 Å². The standard InChI is InChI=1S/C26H24N4O5S/c1-3-34-25(31)16-30(36(32,33)21-7-5-4-6-8-21)23-14-13-22-26(18(23)2)29-24(28-22)17-35-20-11-9-19(15-27)10-12-20/h4-14H,3,16-17H2,1-2H3,(H,28,29). The van der Waals surface area contributed by atoms with Gasteiger partial charge in [-0.1, -0.05) is 18.2 Å². The first-order chi connectivity index (χ1) is 17.3. The first-order valence-corrected chi connectivity index (χ1v) is 12.6. The fraction of sp³-hybridized carbons (Fsp3) is 0.192. The van der Waals surface area contributed by atoms with Crippen LogP contribution in [0.25, 0.3) is 11.0 Å². The predicted molar refractivity (Wildman–Crippen MR) is 134 cm³/mol. The lowest BCUT2D eigenvalue weighted by Gasteiger charge is -2.25. The molecule has 0 amide bonds. The van der Waals surface area contributed by atoms with E-state index < -0.39 is 22.5 Å². The normalized spacial score (nSPS) is 11.1. The number of hydrogen-bond donors (Lipinski definition) is 1. The highest BCUT2D eigenvalue weighted by atomic mass is 32.2. The number of hydrogen-bond acceptors (Lipinski definition) is 7. The molecule has 10 heteroatoms. The second-order valence-electron chi connectivity index (χ2n) is 7.84. The van der Waals surface area contributed by atoms with E-state index in [2.05, 4.69) is 16.0 Å². The SMILES string of the molecule is CCOC(=O)CN(c1ccc2[nH]c(COc3ccc(C#N)cc3)nc2c1C)S(=O)(=O)c1ccccc1. The van der Waals surface area contributed by atoms with Crippen molar-refractivity contribution >= 4 is 32.7 Å². The Morgan fingerprint density at radius 1 is 1.08 bits per heavy atom. The second-order valence-corrected chi connectivity index (χ2v) is 9.71. The third-order valence-corrected chi connectivity index (χ3v) is 7.24. The summed E-state index contributed by atoms with van der Waals surface area (Å²) < 4.78 is 38.9. The van der Waals surface area contributed by atoms with Crippen LogP contribution in [-0.2, 0) is 26.2 Å². The zero-order valence-corrected chi connectivity index (χ0v) is 20.6. The molecule has 9 nitrogen and oxygen atoms in total. The van der Waals surface area contributed by atoms with Gasteiger partial charge in [0, 0.05) is 5.56 Å². The molecule has 1 aromatic heterocycles. The number of carbonyl (C=O) groups excluding carboxylic acids is 1. The third-order valence-electron chi connectivity index (χ3n) is 5.47. The van der Waals surface area contributed by atoms with Crippen LogP contribution in [0.15, 0.2) is 71.6 Å². The van der Waals surface area contributed by atoms with E-state index >= 15 is 0 Å². The Balaban J connectivity index is 1.67. The number of aryl methyl sites for hydroxylation is 1. The van der Waals surface area contributed by atoms with Crippen molar-refractivity contribution < 1.29 is 22.7 Å². The molecule has 36 heavy (non-hydrogen) atoms. The van der Waals surface area contributed by atoms with E-state index in [0.717, 1.165) is 4.31 Å². The molecule has 1 N–H and O–H groups in total. The number of fused-ring (bicyclic) bond motifs is 1. The Bertz CT molecular complexity index is 1520. The average Bonchev–Trinajstić information content (AvgIpc) is 3.32. The summed E-state index contributed by atoms with van der Waals surface area (Å²) in [5.41, 5.74) is 2.70. The van der Waals surface area contributed by atoms with Crippen LogP contribution in [0.3, 0.4) is 0 Å². The van der Waals surface area contributed by atoms with Crippen molar-refractivity contribution in [3.63, 3.8) is 0 Å². The number of ether oxygens (including phenoxy) is 2. The fourth-order valence-electron chi connectivity index (χ4n) is 3.71. The largest absolute Gasteiger partial charge is 0.486 e. The monoisotopic (exact) mass is 504 g/mol. The van der Waals surface area contributed by atoms with Gasteiger partial charge in [-0.25, -0.2) is 13.4 Å². The van der Waals surface area contributed by atoms with Gasteiger partial charge in [-0.2, -0.15) is 5.26 Å². The van der Waals surface area contributed by atoms with Crippen molar-refractivity contribution in [2.75, 3.05) is 17.5 Å². The van der Waals surface area contributed by atoms with Crippen LogP contribution < -0.4 is 9.04 Å². The molecule has 0 atom stereocenters. The minimum Gasteiger partial charge on any atom is -0.486 e. The molecule has 0 fully saturated rings. The number of anilines is 1. The number of H-pyrrole nitrogens is 1. The minimum absolute atomic E-state index is 0.0623. The van der Waals surface area contributed by atoms with Gasteiger partial charge in [0.2, 0.25) is 0 Å². The van der Waals surface area contributed by atoms with Crippen LogP contribution in [0.1, 0.15) is 23.9 Å². The van der Waals surface area contributed by atoms with Gasteiger partial charge in [0.1, 0.15) is 24.7 Å².